The van der Waals surface area contributed by atoms with E-state index in [-0.39, 0.29) is 24.3 Å². The molecule has 0 saturated carbocycles. The van der Waals surface area contributed by atoms with Gasteiger partial charge in [-0.05, 0) is 42.2 Å². The number of methoxy groups -OCH3 is 1. The number of nitrogens with zero attached hydrogens (tertiary/aromatic N) is 1. The van der Waals surface area contributed by atoms with Crippen LogP contribution in [0.15, 0.2) is 48.7 Å². The molecule has 0 aromatic heterocycles. The minimum atomic E-state index is -0.285. The lowest BCUT2D eigenvalue weighted by Crippen LogP contribution is -2.35. The molecule has 2 amide bonds. The van der Waals surface area contributed by atoms with E-state index in [9.17, 15) is 9.59 Å². The quantitative estimate of drug-likeness (QED) is 0.835. The molecule has 3 rings (SSSR count). The van der Waals surface area contributed by atoms with Crippen LogP contribution in [0.5, 0.6) is 5.75 Å². The summed E-state index contributed by atoms with van der Waals surface area (Å²) in [5.41, 5.74) is 4.27. The molecule has 0 saturated heterocycles. The molecule has 1 N–H and O–H groups in total. The number of aryl methyl sites for hydroxylation is 1. The maximum Gasteiger partial charge on any atom is 0.223 e. The zero-order chi connectivity index (χ0) is 20.1. The van der Waals surface area contributed by atoms with Gasteiger partial charge in [-0.15, -0.1) is 0 Å². The van der Waals surface area contributed by atoms with Crippen molar-refractivity contribution in [1.82, 2.24) is 10.2 Å². The number of benzene rings is 2. The van der Waals surface area contributed by atoms with E-state index < -0.39 is 0 Å². The van der Waals surface area contributed by atoms with Crippen molar-refractivity contribution in [3.05, 3.63) is 70.9 Å². The van der Waals surface area contributed by atoms with Gasteiger partial charge < -0.3 is 15.0 Å². The SMILES string of the molecule is COc1ccc(C)cc1CCNC(=O)CC1c2ccccc2C=CN1C(C)=O. The van der Waals surface area contributed by atoms with Gasteiger partial charge >= 0.3 is 0 Å². The molecule has 28 heavy (non-hydrogen) atoms. The van der Waals surface area contributed by atoms with Crippen molar-refractivity contribution < 1.29 is 14.3 Å². The van der Waals surface area contributed by atoms with Crippen LogP contribution < -0.4 is 10.1 Å². The molecule has 0 spiro atoms. The highest BCUT2D eigenvalue weighted by Gasteiger charge is 2.27. The van der Waals surface area contributed by atoms with Gasteiger partial charge in [0.15, 0.2) is 0 Å². The molecule has 2 aromatic carbocycles. The van der Waals surface area contributed by atoms with E-state index in [2.05, 4.69) is 11.4 Å². The molecule has 1 unspecified atom stereocenters. The van der Waals surface area contributed by atoms with Gasteiger partial charge in [-0.25, -0.2) is 0 Å². The van der Waals surface area contributed by atoms with Crippen LogP contribution in [0.2, 0.25) is 0 Å². The Morgan fingerprint density at radius 2 is 1.96 bits per heavy atom. The summed E-state index contributed by atoms with van der Waals surface area (Å²) in [4.78, 5) is 26.3. The lowest BCUT2D eigenvalue weighted by molar-refractivity contribution is -0.129. The monoisotopic (exact) mass is 378 g/mol. The molecule has 5 heteroatoms. The molecular formula is C23H26N2O3. The number of hydrogen-bond donors (Lipinski definition) is 1. The van der Waals surface area contributed by atoms with Gasteiger partial charge in [-0.2, -0.15) is 0 Å². The Balaban J connectivity index is 1.64. The van der Waals surface area contributed by atoms with Crippen LogP contribution >= 0.6 is 0 Å². The maximum atomic E-state index is 12.6. The van der Waals surface area contributed by atoms with Gasteiger partial charge in [-0.1, -0.05) is 42.0 Å². The minimum Gasteiger partial charge on any atom is -0.496 e. The van der Waals surface area contributed by atoms with Crippen molar-refractivity contribution in [2.45, 2.75) is 32.7 Å². The van der Waals surface area contributed by atoms with E-state index in [0.29, 0.717) is 13.0 Å². The van der Waals surface area contributed by atoms with Crippen molar-refractivity contribution >= 4 is 17.9 Å². The van der Waals surface area contributed by atoms with Gasteiger partial charge in [0.25, 0.3) is 0 Å². The topological polar surface area (TPSA) is 58.6 Å². The number of carbonyl (C=O) groups is 2. The maximum absolute atomic E-state index is 12.6. The van der Waals surface area contributed by atoms with Crippen molar-refractivity contribution in [3.63, 3.8) is 0 Å². The molecule has 0 fully saturated rings. The summed E-state index contributed by atoms with van der Waals surface area (Å²) >= 11 is 0. The highest BCUT2D eigenvalue weighted by atomic mass is 16.5. The molecule has 2 aromatic rings. The summed E-state index contributed by atoms with van der Waals surface area (Å²) < 4.78 is 5.39. The number of carbonyl (C=O) groups excluding carboxylic acids is 2. The highest BCUT2D eigenvalue weighted by molar-refractivity contribution is 5.81. The number of amides is 2. The Kier molecular flexibility index (Phi) is 6.14. The number of fused-ring (bicyclic) bond motifs is 1. The van der Waals surface area contributed by atoms with Crippen LogP contribution in [-0.2, 0) is 16.0 Å². The summed E-state index contributed by atoms with van der Waals surface area (Å²) in [6.07, 6.45) is 4.59. The second-order valence-corrected chi connectivity index (χ2v) is 7.01. The first-order chi connectivity index (χ1) is 13.5. The van der Waals surface area contributed by atoms with Crippen LogP contribution in [0.25, 0.3) is 6.08 Å². The first-order valence-corrected chi connectivity index (χ1v) is 9.46. The molecule has 0 radical (unpaired) electrons. The standard InChI is InChI=1S/C23H26N2O3/c1-16-8-9-22(28-3)19(14-16)10-12-24-23(27)15-21-20-7-5-4-6-18(20)11-13-25(21)17(2)26/h4-9,11,13-14,21H,10,12,15H2,1-3H3,(H,24,27). The molecule has 0 aliphatic carbocycles. The Hall–Kier alpha value is -3.08. The molecule has 1 heterocycles. The highest BCUT2D eigenvalue weighted by Crippen LogP contribution is 2.32. The predicted molar refractivity (Wildman–Crippen MR) is 110 cm³/mol. The third-order valence-corrected chi connectivity index (χ3v) is 5.00. The van der Waals surface area contributed by atoms with Gasteiger partial charge in [-0.3, -0.25) is 9.59 Å². The first-order valence-electron chi connectivity index (χ1n) is 9.46. The fourth-order valence-electron chi connectivity index (χ4n) is 3.60. The molecule has 5 nitrogen and oxygen atoms in total. The smallest absolute Gasteiger partial charge is 0.223 e. The summed E-state index contributed by atoms with van der Waals surface area (Å²) in [6.45, 7) is 4.07. The Bertz CT molecular complexity index is 904. The van der Waals surface area contributed by atoms with E-state index in [4.69, 9.17) is 4.74 Å². The molecular weight excluding hydrogens is 352 g/mol. The van der Waals surface area contributed by atoms with E-state index in [1.165, 1.54) is 6.92 Å². The zero-order valence-corrected chi connectivity index (χ0v) is 16.6. The molecule has 1 aliphatic heterocycles. The Morgan fingerprint density at radius 3 is 2.71 bits per heavy atom. The summed E-state index contributed by atoms with van der Waals surface area (Å²) in [5.74, 6) is 0.676. The Morgan fingerprint density at radius 1 is 1.18 bits per heavy atom. The first kappa shape index (κ1) is 19.7. The number of ether oxygens (including phenoxy) is 1. The average Bonchev–Trinajstić information content (AvgIpc) is 2.68. The number of nitrogens with one attached hydrogen (secondary N) is 1. The third-order valence-electron chi connectivity index (χ3n) is 5.00. The lowest BCUT2D eigenvalue weighted by Gasteiger charge is -2.32. The van der Waals surface area contributed by atoms with E-state index in [1.54, 1.807) is 18.2 Å². The predicted octanol–water partition coefficient (Wildman–Crippen LogP) is 3.63. The van der Waals surface area contributed by atoms with Crippen molar-refractivity contribution in [3.8, 4) is 5.75 Å². The summed E-state index contributed by atoms with van der Waals surface area (Å²) in [7, 11) is 1.65. The van der Waals surface area contributed by atoms with Gasteiger partial charge in [0.05, 0.1) is 19.6 Å². The van der Waals surface area contributed by atoms with Gasteiger partial charge in [0.1, 0.15) is 5.75 Å². The van der Waals surface area contributed by atoms with E-state index in [0.717, 1.165) is 28.0 Å². The van der Waals surface area contributed by atoms with Crippen LogP contribution in [0.1, 0.15) is 41.6 Å². The van der Waals surface area contributed by atoms with Crippen LogP contribution in [0.4, 0.5) is 0 Å². The van der Waals surface area contributed by atoms with Crippen LogP contribution in [0, 0.1) is 6.92 Å². The number of rotatable bonds is 6. The fourth-order valence-corrected chi connectivity index (χ4v) is 3.60. The summed E-state index contributed by atoms with van der Waals surface area (Å²) in [6, 6.07) is 13.6. The molecule has 0 bridgehead atoms. The summed E-state index contributed by atoms with van der Waals surface area (Å²) in [5, 5.41) is 2.98. The normalized spacial score (nSPS) is 15.1. The second-order valence-electron chi connectivity index (χ2n) is 7.01. The van der Waals surface area contributed by atoms with Crippen LogP contribution in [-0.4, -0.2) is 30.4 Å². The molecule has 1 aliphatic rings. The van der Waals surface area contributed by atoms with Crippen molar-refractivity contribution in [2.75, 3.05) is 13.7 Å². The molecule has 146 valence electrons. The lowest BCUT2D eigenvalue weighted by atomic mass is 9.93. The second kappa shape index (κ2) is 8.74. The fraction of sp³-hybridized carbons (Fsp3) is 0.304. The van der Waals surface area contributed by atoms with E-state index in [1.807, 2.05) is 49.4 Å². The van der Waals surface area contributed by atoms with Gasteiger partial charge in [0, 0.05) is 19.7 Å². The number of hydrogen-bond acceptors (Lipinski definition) is 3. The minimum absolute atomic E-state index is 0.0759. The third kappa shape index (κ3) is 4.42. The molecule has 1 atom stereocenters. The average molecular weight is 378 g/mol. The van der Waals surface area contributed by atoms with Crippen molar-refractivity contribution in [2.24, 2.45) is 0 Å². The van der Waals surface area contributed by atoms with Crippen LogP contribution in [0.3, 0.4) is 0 Å². The van der Waals surface area contributed by atoms with Crippen molar-refractivity contribution in [1.29, 1.82) is 0 Å². The van der Waals surface area contributed by atoms with E-state index >= 15 is 0 Å². The zero-order valence-electron chi connectivity index (χ0n) is 16.6. The Labute approximate surface area is 166 Å². The largest absolute Gasteiger partial charge is 0.496 e. The van der Waals surface area contributed by atoms with Gasteiger partial charge in [0.2, 0.25) is 11.8 Å².